The fourth-order valence-electron chi connectivity index (χ4n) is 3.39. The van der Waals surface area contributed by atoms with Crippen molar-refractivity contribution >= 4 is 27.3 Å². The highest BCUT2D eigenvalue weighted by molar-refractivity contribution is 7.89. The molecule has 0 aliphatic carbocycles. The van der Waals surface area contributed by atoms with E-state index in [4.69, 9.17) is 21.1 Å². The van der Waals surface area contributed by atoms with E-state index in [1.165, 1.54) is 18.2 Å². The molecule has 0 aromatic heterocycles. The molecular formula is C21H25ClF2N2O4S. The highest BCUT2D eigenvalue weighted by Gasteiger charge is 2.29. The van der Waals surface area contributed by atoms with Crippen molar-refractivity contribution in [2.75, 3.05) is 32.2 Å². The second kappa shape index (κ2) is 9.68. The van der Waals surface area contributed by atoms with Gasteiger partial charge in [0.15, 0.2) is 0 Å². The van der Waals surface area contributed by atoms with Crippen molar-refractivity contribution in [2.45, 2.75) is 24.8 Å². The number of fused-ring (bicyclic) bond motifs is 1. The van der Waals surface area contributed by atoms with E-state index >= 15 is 0 Å². The molecule has 2 aromatic rings. The molecule has 0 saturated heterocycles. The van der Waals surface area contributed by atoms with E-state index in [0.717, 1.165) is 12.1 Å². The Bertz CT molecular complexity index is 1050. The summed E-state index contributed by atoms with van der Waals surface area (Å²) < 4.78 is 66.1. The number of hydrogen-bond acceptors (Lipinski definition) is 5. The minimum absolute atomic E-state index is 0.0154. The van der Waals surface area contributed by atoms with E-state index in [0.29, 0.717) is 12.3 Å². The zero-order valence-corrected chi connectivity index (χ0v) is 19.0. The molecule has 10 heteroatoms. The number of nitrogens with one attached hydrogen (secondary N) is 2. The summed E-state index contributed by atoms with van der Waals surface area (Å²) in [5.41, 5.74) is 0.697. The Morgan fingerprint density at radius 1 is 1.26 bits per heavy atom. The van der Waals surface area contributed by atoms with Crippen molar-refractivity contribution in [1.29, 1.82) is 0 Å². The molecule has 0 bridgehead atoms. The number of benzene rings is 2. The average Bonchev–Trinajstić information content (AvgIpc) is 3.07. The minimum atomic E-state index is -3.83. The molecule has 2 unspecified atom stereocenters. The van der Waals surface area contributed by atoms with Gasteiger partial charge in [0.1, 0.15) is 28.9 Å². The van der Waals surface area contributed by atoms with Crippen LogP contribution in [-0.4, -0.2) is 35.3 Å². The molecule has 170 valence electrons. The lowest BCUT2D eigenvalue weighted by Crippen LogP contribution is -2.33. The Morgan fingerprint density at radius 2 is 2.00 bits per heavy atom. The van der Waals surface area contributed by atoms with Crippen molar-refractivity contribution in [1.82, 2.24) is 4.72 Å². The Morgan fingerprint density at radius 3 is 2.65 bits per heavy atom. The number of sulfonamides is 1. The summed E-state index contributed by atoms with van der Waals surface area (Å²) in [4.78, 5) is -0.0593. The molecule has 0 radical (unpaired) electrons. The molecule has 2 atom stereocenters. The Balaban J connectivity index is 1.74. The van der Waals surface area contributed by atoms with Gasteiger partial charge >= 0.3 is 0 Å². The molecule has 0 saturated carbocycles. The third-order valence-corrected chi connectivity index (χ3v) is 7.14. The summed E-state index contributed by atoms with van der Waals surface area (Å²) in [7, 11) is -2.26. The highest BCUT2D eigenvalue weighted by atomic mass is 35.5. The Kier molecular flexibility index (Phi) is 7.41. The molecular weight excluding hydrogens is 450 g/mol. The van der Waals surface area contributed by atoms with Gasteiger partial charge in [0.25, 0.3) is 0 Å². The monoisotopic (exact) mass is 474 g/mol. The Hall–Kier alpha value is -1.94. The van der Waals surface area contributed by atoms with Crippen LogP contribution in [0.15, 0.2) is 35.2 Å². The first-order valence-electron chi connectivity index (χ1n) is 9.78. The fourth-order valence-corrected chi connectivity index (χ4v) is 5.03. The van der Waals surface area contributed by atoms with Crippen LogP contribution >= 0.6 is 11.6 Å². The molecule has 2 aromatic carbocycles. The highest BCUT2D eigenvalue weighted by Crippen LogP contribution is 2.37. The first-order valence-corrected chi connectivity index (χ1v) is 11.6. The zero-order valence-electron chi connectivity index (χ0n) is 17.4. The number of hydrogen-bond donors (Lipinski definition) is 2. The molecule has 0 fully saturated rings. The van der Waals surface area contributed by atoms with Crippen molar-refractivity contribution in [3.63, 3.8) is 0 Å². The fraction of sp³-hybridized carbons (Fsp3) is 0.429. The summed E-state index contributed by atoms with van der Waals surface area (Å²) >= 11 is 6.25. The minimum Gasteiger partial charge on any atom is -0.490 e. The maximum absolute atomic E-state index is 14.2. The van der Waals surface area contributed by atoms with Gasteiger partial charge in [-0.05, 0) is 30.0 Å². The predicted octanol–water partition coefficient (Wildman–Crippen LogP) is 4.36. The molecule has 2 N–H and O–H groups in total. The molecule has 1 aliphatic rings. The predicted molar refractivity (Wildman–Crippen MR) is 115 cm³/mol. The van der Waals surface area contributed by atoms with Crippen LogP contribution in [-0.2, 0) is 14.8 Å². The van der Waals surface area contributed by atoms with E-state index < -0.39 is 27.7 Å². The third-order valence-electron chi connectivity index (χ3n) is 5.23. The largest absolute Gasteiger partial charge is 0.490 e. The molecule has 0 spiro atoms. The lowest BCUT2D eigenvalue weighted by atomic mass is 9.97. The summed E-state index contributed by atoms with van der Waals surface area (Å²) in [6, 6.07) is 5.73. The van der Waals surface area contributed by atoms with Crippen molar-refractivity contribution < 1.29 is 26.7 Å². The van der Waals surface area contributed by atoms with Gasteiger partial charge in [0, 0.05) is 31.5 Å². The van der Waals surface area contributed by atoms with Crippen molar-refractivity contribution in [3.8, 4) is 5.75 Å². The van der Waals surface area contributed by atoms with Gasteiger partial charge in [0.05, 0.1) is 23.2 Å². The third kappa shape index (κ3) is 5.46. The van der Waals surface area contributed by atoms with Gasteiger partial charge in [-0.3, -0.25) is 0 Å². The number of ether oxygens (including phenoxy) is 2. The van der Waals surface area contributed by atoms with Crippen LogP contribution in [0, 0.1) is 23.5 Å². The van der Waals surface area contributed by atoms with E-state index in [1.807, 2.05) is 13.8 Å². The van der Waals surface area contributed by atoms with Gasteiger partial charge in [-0.25, -0.2) is 21.9 Å². The first kappa shape index (κ1) is 23.7. The van der Waals surface area contributed by atoms with Crippen LogP contribution in [0.3, 0.4) is 0 Å². The van der Waals surface area contributed by atoms with E-state index in [9.17, 15) is 17.2 Å². The number of methoxy groups -OCH3 is 1. The van der Waals surface area contributed by atoms with Crippen molar-refractivity contribution in [3.05, 3.63) is 52.6 Å². The molecule has 31 heavy (non-hydrogen) atoms. The molecule has 1 aliphatic heterocycles. The number of rotatable bonds is 9. The number of anilines is 1. The van der Waals surface area contributed by atoms with Gasteiger partial charge in [-0.2, -0.15) is 0 Å². The lowest BCUT2D eigenvalue weighted by molar-refractivity contribution is 0.131. The van der Waals surface area contributed by atoms with Crippen LogP contribution in [0.2, 0.25) is 5.02 Å². The topological polar surface area (TPSA) is 76.7 Å². The molecule has 3 rings (SSSR count). The van der Waals surface area contributed by atoms with Gasteiger partial charge in [0.2, 0.25) is 10.0 Å². The van der Waals surface area contributed by atoms with Crippen LogP contribution < -0.4 is 14.8 Å². The van der Waals surface area contributed by atoms with E-state index in [-0.39, 0.29) is 46.2 Å². The SMILES string of the molecule is COCC(CNS(=O)(=O)c1ccc(NC2COc3cc(F)cc(F)c32)cc1Cl)C(C)C. The zero-order chi connectivity index (χ0) is 22.8. The van der Waals surface area contributed by atoms with Crippen LogP contribution in [0.5, 0.6) is 5.75 Å². The second-order valence-corrected chi connectivity index (χ2v) is 9.91. The normalized spacial score (nSPS) is 16.8. The maximum Gasteiger partial charge on any atom is 0.242 e. The summed E-state index contributed by atoms with van der Waals surface area (Å²) in [6.07, 6.45) is 0. The van der Waals surface area contributed by atoms with Crippen LogP contribution in [0.1, 0.15) is 25.5 Å². The van der Waals surface area contributed by atoms with Gasteiger partial charge in [-0.1, -0.05) is 25.4 Å². The number of halogens is 3. The van der Waals surface area contributed by atoms with Gasteiger partial charge in [-0.15, -0.1) is 0 Å². The maximum atomic E-state index is 14.2. The summed E-state index contributed by atoms with van der Waals surface area (Å²) in [5.74, 6) is -1.04. The quantitative estimate of drug-likeness (QED) is 0.564. The second-order valence-electron chi connectivity index (χ2n) is 7.76. The standard InChI is InChI=1S/C21H25ClF2N2O4S/c1-12(2)13(10-29-3)9-25-31(27,28)20-5-4-15(8-16(20)22)26-18-11-30-19-7-14(23)6-17(24)21(18)19/h4-8,12-13,18,25-26H,9-11H2,1-3H3. The van der Waals surface area contributed by atoms with Crippen LogP contribution in [0.4, 0.5) is 14.5 Å². The molecule has 0 amide bonds. The van der Waals surface area contributed by atoms with Crippen molar-refractivity contribution in [2.24, 2.45) is 11.8 Å². The van der Waals surface area contributed by atoms with E-state index in [1.54, 1.807) is 7.11 Å². The Labute approximate surface area is 185 Å². The summed E-state index contributed by atoms with van der Waals surface area (Å²) in [5, 5.41) is 3.07. The first-order chi connectivity index (χ1) is 14.6. The molecule has 6 nitrogen and oxygen atoms in total. The smallest absolute Gasteiger partial charge is 0.242 e. The summed E-state index contributed by atoms with van der Waals surface area (Å²) in [6.45, 7) is 4.74. The molecule has 1 heterocycles. The average molecular weight is 475 g/mol. The van der Waals surface area contributed by atoms with Gasteiger partial charge < -0.3 is 14.8 Å². The van der Waals surface area contributed by atoms with Crippen LogP contribution in [0.25, 0.3) is 0 Å². The van der Waals surface area contributed by atoms with E-state index in [2.05, 4.69) is 10.0 Å². The lowest BCUT2D eigenvalue weighted by Gasteiger charge is -2.20.